The lowest BCUT2D eigenvalue weighted by Gasteiger charge is -2.20. The predicted molar refractivity (Wildman–Crippen MR) is 86.8 cm³/mol. The molecule has 2 rings (SSSR count). The summed E-state index contributed by atoms with van der Waals surface area (Å²) in [6.45, 7) is 0.100. The molecule has 0 unspecified atom stereocenters. The third kappa shape index (κ3) is 5.40. The summed E-state index contributed by atoms with van der Waals surface area (Å²) < 4.78 is 31.6. The van der Waals surface area contributed by atoms with Crippen LogP contribution in [0.3, 0.4) is 0 Å². The Morgan fingerprint density at radius 3 is 2.46 bits per heavy atom. The first kappa shape index (κ1) is 20.3. The molecule has 0 aliphatic carbocycles. The van der Waals surface area contributed by atoms with E-state index in [2.05, 4.69) is 5.32 Å². The van der Waals surface area contributed by atoms with Gasteiger partial charge in [-0.1, -0.05) is 0 Å². The lowest BCUT2D eigenvalue weighted by atomic mass is 10.2. The van der Waals surface area contributed by atoms with Crippen LogP contribution in [-0.2, 0) is 14.3 Å². The van der Waals surface area contributed by atoms with Gasteiger partial charge in [0.2, 0.25) is 5.91 Å². The van der Waals surface area contributed by atoms with E-state index in [1.165, 1.54) is 11.9 Å². The summed E-state index contributed by atoms with van der Waals surface area (Å²) in [5, 5.41) is 2.35. The maximum atomic E-state index is 13.1. The predicted octanol–water partition coefficient (Wildman–Crippen LogP) is 1.29. The van der Waals surface area contributed by atoms with E-state index in [1.807, 2.05) is 0 Å². The summed E-state index contributed by atoms with van der Waals surface area (Å²) in [7, 11) is 1.47. The van der Waals surface area contributed by atoms with Gasteiger partial charge in [0.1, 0.15) is 17.7 Å². The number of rotatable bonds is 5. The number of hydrogen-bond donors (Lipinski definition) is 2. The number of likely N-dealkylation sites (N-methyl/N-ethyl adjacent to an activating group) is 1. The Labute approximate surface area is 144 Å². The molecule has 1 fully saturated rings. The van der Waals surface area contributed by atoms with Gasteiger partial charge in [-0.15, -0.1) is 12.4 Å². The molecule has 1 heterocycles. The monoisotopic (exact) mass is 363 g/mol. The molecule has 1 aromatic carbocycles. The maximum absolute atomic E-state index is 13.1. The van der Waals surface area contributed by atoms with Crippen molar-refractivity contribution in [1.29, 1.82) is 0 Å². The first-order valence-electron chi connectivity index (χ1n) is 7.25. The van der Waals surface area contributed by atoms with Crippen molar-refractivity contribution in [2.75, 3.05) is 25.5 Å². The molecule has 1 saturated heterocycles. The summed E-state index contributed by atoms with van der Waals surface area (Å²) in [4.78, 5) is 25.3. The van der Waals surface area contributed by atoms with E-state index in [0.29, 0.717) is 25.5 Å². The molecule has 9 heteroatoms. The van der Waals surface area contributed by atoms with E-state index in [9.17, 15) is 18.4 Å². The van der Waals surface area contributed by atoms with Crippen LogP contribution in [0.15, 0.2) is 18.2 Å². The van der Waals surface area contributed by atoms with E-state index < -0.39 is 23.6 Å². The van der Waals surface area contributed by atoms with E-state index in [-0.39, 0.29) is 36.7 Å². The number of hydrogen-bond acceptors (Lipinski definition) is 4. The van der Waals surface area contributed by atoms with Crippen molar-refractivity contribution in [2.24, 2.45) is 5.73 Å². The van der Waals surface area contributed by atoms with Gasteiger partial charge in [-0.3, -0.25) is 9.59 Å². The number of ether oxygens (including phenoxy) is 1. The van der Waals surface area contributed by atoms with Gasteiger partial charge in [0.15, 0.2) is 0 Å². The molecule has 0 aromatic heterocycles. The van der Waals surface area contributed by atoms with E-state index in [4.69, 9.17) is 10.5 Å². The van der Waals surface area contributed by atoms with E-state index in [0.717, 1.165) is 12.1 Å². The lowest BCUT2D eigenvalue weighted by molar-refractivity contribution is -0.143. The van der Waals surface area contributed by atoms with Crippen LogP contribution in [-0.4, -0.2) is 49.1 Å². The molecule has 0 spiro atoms. The molecular formula is C15H20ClF2N3O3. The molecule has 0 radical (unpaired) electrons. The smallest absolute Gasteiger partial charge is 0.251 e. The minimum atomic E-state index is -0.795. The number of nitrogens with zero attached hydrogens (tertiary/aromatic N) is 1. The number of amides is 2. The average molecular weight is 364 g/mol. The second-order valence-corrected chi connectivity index (χ2v) is 5.46. The Hall–Kier alpha value is -1.77. The molecule has 2 atom stereocenters. The van der Waals surface area contributed by atoms with Gasteiger partial charge in [0, 0.05) is 25.3 Å². The average Bonchev–Trinajstić information content (AvgIpc) is 2.93. The van der Waals surface area contributed by atoms with Gasteiger partial charge in [0.05, 0.1) is 12.6 Å². The van der Waals surface area contributed by atoms with Crippen molar-refractivity contribution < 1.29 is 23.1 Å². The molecule has 6 nitrogen and oxygen atoms in total. The zero-order valence-corrected chi connectivity index (χ0v) is 13.9. The van der Waals surface area contributed by atoms with Crippen molar-refractivity contribution in [3.8, 4) is 0 Å². The molecule has 1 aliphatic heterocycles. The van der Waals surface area contributed by atoms with E-state index >= 15 is 0 Å². The highest BCUT2D eigenvalue weighted by atomic mass is 35.5. The number of carbonyl (C=O) groups is 2. The molecule has 0 saturated carbocycles. The van der Waals surface area contributed by atoms with Gasteiger partial charge in [-0.05, 0) is 25.0 Å². The molecular weight excluding hydrogens is 344 g/mol. The molecule has 134 valence electrons. The Morgan fingerprint density at radius 1 is 1.29 bits per heavy atom. The fourth-order valence-electron chi connectivity index (χ4n) is 2.43. The number of nitrogens with one attached hydrogen (secondary N) is 1. The summed E-state index contributed by atoms with van der Waals surface area (Å²) >= 11 is 0. The van der Waals surface area contributed by atoms with Crippen LogP contribution < -0.4 is 11.1 Å². The molecule has 3 N–H and O–H groups in total. The fraction of sp³-hybridized carbons (Fsp3) is 0.467. The number of anilines is 1. The summed E-state index contributed by atoms with van der Waals surface area (Å²) in [5.41, 5.74) is 5.48. The Kier molecular flexibility index (Phi) is 7.53. The molecule has 1 aliphatic rings. The second kappa shape index (κ2) is 8.91. The first-order valence-corrected chi connectivity index (χ1v) is 7.25. The maximum Gasteiger partial charge on any atom is 0.251 e. The van der Waals surface area contributed by atoms with Gasteiger partial charge >= 0.3 is 0 Å². The van der Waals surface area contributed by atoms with Gasteiger partial charge < -0.3 is 20.7 Å². The zero-order chi connectivity index (χ0) is 17.0. The summed E-state index contributed by atoms with van der Waals surface area (Å²) in [6.07, 6.45) is 0.520. The Balaban J connectivity index is 0.00000288. The number of halogens is 3. The Morgan fingerprint density at radius 2 is 1.92 bits per heavy atom. The van der Waals surface area contributed by atoms with Crippen LogP contribution in [0.2, 0.25) is 0 Å². The van der Waals surface area contributed by atoms with Crippen molar-refractivity contribution in [3.05, 3.63) is 29.8 Å². The van der Waals surface area contributed by atoms with Crippen molar-refractivity contribution in [1.82, 2.24) is 4.90 Å². The van der Waals surface area contributed by atoms with Gasteiger partial charge in [-0.25, -0.2) is 8.78 Å². The van der Waals surface area contributed by atoms with Crippen LogP contribution in [0.5, 0.6) is 0 Å². The van der Waals surface area contributed by atoms with Gasteiger partial charge in [-0.2, -0.15) is 0 Å². The quantitative estimate of drug-likeness (QED) is 0.825. The minimum absolute atomic E-state index is 0. The van der Waals surface area contributed by atoms with Crippen LogP contribution in [0, 0.1) is 11.6 Å². The molecule has 24 heavy (non-hydrogen) atoms. The zero-order valence-electron chi connectivity index (χ0n) is 13.1. The van der Waals surface area contributed by atoms with Crippen LogP contribution in [0.25, 0.3) is 0 Å². The number of carbonyl (C=O) groups excluding carboxylic acids is 2. The third-order valence-electron chi connectivity index (χ3n) is 3.55. The third-order valence-corrected chi connectivity index (χ3v) is 3.55. The number of benzene rings is 1. The summed E-state index contributed by atoms with van der Waals surface area (Å²) in [6, 6.07) is 2.69. The minimum Gasteiger partial charge on any atom is -0.364 e. The molecule has 0 bridgehead atoms. The van der Waals surface area contributed by atoms with Crippen molar-refractivity contribution in [3.63, 3.8) is 0 Å². The van der Waals surface area contributed by atoms with Crippen LogP contribution >= 0.6 is 12.4 Å². The topological polar surface area (TPSA) is 84.7 Å². The highest BCUT2D eigenvalue weighted by Crippen LogP contribution is 2.20. The normalized spacial score (nSPS) is 19.5. The van der Waals surface area contributed by atoms with Crippen LogP contribution in [0.1, 0.15) is 12.8 Å². The summed E-state index contributed by atoms with van der Waals surface area (Å²) in [5.74, 6) is -2.46. The van der Waals surface area contributed by atoms with E-state index in [1.54, 1.807) is 0 Å². The van der Waals surface area contributed by atoms with Crippen molar-refractivity contribution in [2.45, 2.75) is 25.0 Å². The Bertz CT molecular complexity index is 583. The standard InChI is InChI=1S/C15H19F2N3O3.ClH/c1-20(15(22)13-3-2-12(7-18)23-13)8-14(21)19-11-5-9(16)4-10(17)6-11;/h4-6,12-13H,2-3,7-8,18H2,1H3,(H,19,21);1H/t12-,13+;/m1./s1. The highest BCUT2D eigenvalue weighted by Gasteiger charge is 2.32. The van der Waals surface area contributed by atoms with Crippen LogP contribution in [0.4, 0.5) is 14.5 Å². The SMILES string of the molecule is CN(CC(=O)Nc1cc(F)cc(F)c1)C(=O)[C@@H]1CC[C@H](CN)O1.Cl. The fourth-order valence-corrected chi connectivity index (χ4v) is 2.43. The highest BCUT2D eigenvalue weighted by molar-refractivity contribution is 5.95. The largest absolute Gasteiger partial charge is 0.364 e. The van der Waals surface area contributed by atoms with Crippen molar-refractivity contribution >= 4 is 29.9 Å². The van der Waals surface area contributed by atoms with Gasteiger partial charge in [0.25, 0.3) is 5.91 Å². The molecule has 2 amide bonds. The second-order valence-electron chi connectivity index (χ2n) is 5.46. The molecule has 1 aromatic rings. The first-order chi connectivity index (χ1) is 10.9. The lowest BCUT2D eigenvalue weighted by Crippen LogP contribution is -2.41. The number of nitrogens with two attached hydrogens (primary N) is 1.